The van der Waals surface area contributed by atoms with Gasteiger partial charge in [0, 0.05) is 0 Å². The lowest BCUT2D eigenvalue weighted by atomic mass is 9.98. The number of benzene rings is 2. The lowest BCUT2D eigenvalue weighted by Crippen LogP contribution is -2.22. The van der Waals surface area contributed by atoms with Crippen molar-refractivity contribution in [2.24, 2.45) is 0 Å². The summed E-state index contributed by atoms with van der Waals surface area (Å²) in [4.78, 5) is 10.8. The first-order chi connectivity index (χ1) is 9.02. The molecule has 0 aliphatic rings. The van der Waals surface area contributed by atoms with Gasteiger partial charge in [0.15, 0.2) is 0 Å². The molecule has 0 N–H and O–H groups in total. The molecule has 2 aromatic rings. The number of halogens is 1. The van der Waals surface area contributed by atoms with Gasteiger partial charge in [-0.3, -0.25) is 0 Å². The molecule has 4 heteroatoms. The zero-order chi connectivity index (χ0) is 14.0. The second-order valence-corrected chi connectivity index (χ2v) is 5.33. The van der Waals surface area contributed by atoms with E-state index in [0.29, 0.717) is 0 Å². The van der Waals surface area contributed by atoms with Crippen LogP contribution in [0, 0.1) is 10.5 Å². The van der Waals surface area contributed by atoms with E-state index in [1.165, 1.54) is 0 Å². The van der Waals surface area contributed by atoms with Crippen molar-refractivity contribution in [3.63, 3.8) is 0 Å². The Bertz CT molecular complexity index is 635. The standard InChI is InChI=1S/C15H13IO3/c1-9-7-11(15(17)18)3-5-12(9)10-4-6-14(19-2)13(16)8-10/h3-8H,1-2H3,(H,17,18)/p-1. The number of carboxylic acid groups (broad SMARTS) is 1. The second-order valence-electron chi connectivity index (χ2n) is 4.17. The Hall–Kier alpha value is -1.56. The van der Waals surface area contributed by atoms with Crippen LogP contribution < -0.4 is 9.84 Å². The van der Waals surface area contributed by atoms with Gasteiger partial charge in [-0.05, 0) is 70.0 Å². The van der Waals surface area contributed by atoms with Crippen molar-refractivity contribution in [2.45, 2.75) is 6.92 Å². The van der Waals surface area contributed by atoms with E-state index in [1.807, 2.05) is 25.1 Å². The van der Waals surface area contributed by atoms with E-state index < -0.39 is 5.97 Å². The molecule has 0 aromatic heterocycles. The molecule has 98 valence electrons. The van der Waals surface area contributed by atoms with Gasteiger partial charge in [0.05, 0.1) is 16.6 Å². The third-order valence-corrected chi connectivity index (χ3v) is 3.77. The highest BCUT2D eigenvalue weighted by molar-refractivity contribution is 14.1. The molecule has 0 amide bonds. The van der Waals surface area contributed by atoms with Crippen LogP contribution in [-0.2, 0) is 0 Å². The van der Waals surface area contributed by atoms with Crippen LogP contribution in [0.1, 0.15) is 15.9 Å². The second kappa shape index (κ2) is 5.61. The first-order valence-corrected chi connectivity index (χ1v) is 6.76. The van der Waals surface area contributed by atoms with E-state index in [-0.39, 0.29) is 5.56 Å². The van der Waals surface area contributed by atoms with E-state index in [0.717, 1.165) is 26.0 Å². The number of aromatic carboxylic acids is 1. The fraction of sp³-hybridized carbons (Fsp3) is 0.133. The lowest BCUT2D eigenvalue weighted by Gasteiger charge is -2.11. The first-order valence-electron chi connectivity index (χ1n) is 5.69. The highest BCUT2D eigenvalue weighted by Gasteiger charge is 2.06. The molecule has 0 radical (unpaired) electrons. The van der Waals surface area contributed by atoms with Gasteiger partial charge in [0.25, 0.3) is 0 Å². The van der Waals surface area contributed by atoms with Gasteiger partial charge in [-0.2, -0.15) is 0 Å². The largest absolute Gasteiger partial charge is 0.545 e. The highest BCUT2D eigenvalue weighted by Crippen LogP contribution is 2.29. The summed E-state index contributed by atoms with van der Waals surface area (Å²) in [5.41, 5.74) is 3.14. The Morgan fingerprint density at radius 3 is 2.47 bits per heavy atom. The molecule has 0 aliphatic carbocycles. The molecule has 0 heterocycles. The van der Waals surface area contributed by atoms with Crippen molar-refractivity contribution in [3.8, 4) is 16.9 Å². The average Bonchev–Trinajstić information content (AvgIpc) is 2.38. The van der Waals surface area contributed by atoms with E-state index >= 15 is 0 Å². The van der Waals surface area contributed by atoms with Crippen LogP contribution in [0.25, 0.3) is 11.1 Å². The third-order valence-electron chi connectivity index (χ3n) is 2.92. The summed E-state index contributed by atoms with van der Waals surface area (Å²) in [5, 5.41) is 10.8. The molecule has 0 fully saturated rings. The normalized spacial score (nSPS) is 10.3. The van der Waals surface area contributed by atoms with Crippen LogP contribution in [0.5, 0.6) is 5.75 Å². The van der Waals surface area contributed by atoms with Crippen LogP contribution >= 0.6 is 22.6 Å². The van der Waals surface area contributed by atoms with Crippen molar-refractivity contribution in [2.75, 3.05) is 7.11 Å². The maximum atomic E-state index is 10.8. The number of aryl methyl sites for hydroxylation is 1. The van der Waals surface area contributed by atoms with Crippen molar-refractivity contribution >= 4 is 28.6 Å². The Morgan fingerprint density at radius 2 is 1.95 bits per heavy atom. The number of carbonyl (C=O) groups is 1. The zero-order valence-corrected chi connectivity index (χ0v) is 12.7. The molecular formula is C15H12IO3-. The number of rotatable bonds is 3. The van der Waals surface area contributed by atoms with Gasteiger partial charge in [0.2, 0.25) is 0 Å². The first kappa shape index (κ1) is 13.9. The monoisotopic (exact) mass is 367 g/mol. The lowest BCUT2D eigenvalue weighted by molar-refractivity contribution is -0.255. The van der Waals surface area contributed by atoms with E-state index in [9.17, 15) is 9.90 Å². The quantitative estimate of drug-likeness (QED) is 0.784. The van der Waals surface area contributed by atoms with Gasteiger partial charge in [-0.25, -0.2) is 0 Å². The van der Waals surface area contributed by atoms with Crippen LogP contribution in [0.4, 0.5) is 0 Å². The minimum absolute atomic E-state index is 0.199. The fourth-order valence-electron chi connectivity index (χ4n) is 1.95. The molecule has 3 nitrogen and oxygen atoms in total. The molecule has 2 rings (SSSR count). The molecule has 0 unspecified atom stereocenters. The summed E-state index contributed by atoms with van der Waals surface area (Å²) in [6.45, 7) is 1.89. The molecule has 0 saturated heterocycles. The topological polar surface area (TPSA) is 49.4 Å². The number of carboxylic acids is 1. The average molecular weight is 367 g/mol. The van der Waals surface area contributed by atoms with Crippen LogP contribution in [-0.4, -0.2) is 13.1 Å². The van der Waals surface area contributed by atoms with Gasteiger partial charge >= 0.3 is 0 Å². The molecule has 19 heavy (non-hydrogen) atoms. The summed E-state index contributed by atoms with van der Waals surface area (Å²) in [6, 6.07) is 10.9. The van der Waals surface area contributed by atoms with E-state index in [2.05, 4.69) is 22.6 Å². The predicted octanol–water partition coefficient (Wildman–Crippen LogP) is 2.64. The summed E-state index contributed by atoms with van der Waals surface area (Å²) in [5.74, 6) is -0.327. The van der Waals surface area contributed by atoms with E-state index in [4.69, 9.17) is 4.74 Å². The van der Waals surface area contributed by atoms with Crippen LogP contribution in [0.2, 0.25) is 0 Å². The summed E-state index contributed by atoms with van der Waals surface area (Å²) in [6.07, 6.45) is 0. The summed E-state index contributed by atoms with van der Waals surface area (Å²) in [7, 11) is 1.64. The van der Waals surface area contributed by atoms with Gasteiger partial charge in [-0.1, -0.05) is 18.2 Å². The fourth-order valence-corrected chi connectivity index (χ4v) is 2.68. The number of hydrogen-bond donors (Lipinski definition) is 0. The number of hydrogen-bond acceptors (Lipinski definition) is 3. The Labute approximate surface area is 125 Å². The minimum atomic E-state index is -1.15. The number of methoxy groups -OCH3 is 1. The Kier molecular flexibility index (Phi) is 4.09. The number of carbonyl (C=O) groups excluding carboxylic acids is 1. The molecule has 0 aliphatic heterocycles. The van der Waals surface area contributed by atoms with E-state index in [1.54, 1.807) is 25.3 Å². The van der Waals surface area contributed by atoms with Gasteiger partial charge in [0.1, 0.15) is 5.75 Å². The highest BCUT2D eigenvalue weighted by atomic mass is 127. The van der Waals surface area contributed by atoms with Crippen LogP contribution in [0.15, 0.2) is 36.4 Å². The third kappa shape index (κ3) is 2.89. The Morgan fingerprint density at radius 1 is 1.21 bits per heavy atom. The van der Waals surface area contributed by atoms with Crippen LogP contribution in [0.3, 0.4) is 0 Å². The van der Waals surface area contributed by atoms with Crippen molar-refractivity contribution in [1.29, 1.82) is 0 Å². The number of ether oxygens (including phenoxy) is 1. The molecule has 2 aromatic carbocycles. The maximum Gasteiger partial charge on any atom is 0.132 e. The van der Waals surface area contributed by atoms with Crippen molar-refractivity contribution < 1.29 is 14.6 Å². The van der Waals surface area contributed by atoms with Gasteiger partial charge in [-0.15, -0.1) is 0 Å². The van der Waals surface area contributed by atoms with Gasteiger partial charge < -0.3 is 14.6 Å². The zero-order valence-electron chi connectivity index (χ0n) is 10.6. The van der Waals surface area contributed by atoms with Crippen molar-refractivity contribution in [1.82, 2.24) is 0 Å². The van der Waals surface area contributed by atoms with Crippen molar-refractivity contribution in [3.05, 3.63) is 51.1 Å². The molecule has 0 bridgehead atoms. The predicted molar refractivity (Wildman–Crippen MR) is 80.2 cm³/mol. The smallest absolute Gasteiger partial charge is 0.132 e. The molecule has 0 atom stereocenters. The minimum Gasteiger partial charge on any atom is -0.545 e. The summed E-state index contributed by atoms with van der Waals surface area (Å²) < 4.78 is 6.24. The molecular weight excluding hydrogens is 355 g/mol. The SMILES string of the molecule is COc1ccc(-c2ccc(C(=O)[O-])cc2C)cc1I. The molecule has 0 spiro atoms. The molecule has 0 saturated carbocycles. The maximum absolute atomic E-state index is 10.8. The summed E-state index contributed by atoms with van der Waals surface area (Å²) >= 11 is 2.21. The Balaban J connectivity index is 2.47.